The lowest BCUT2D eigenvalue weighted by atomic mass is 9.93. The third-order valence-corrected chi connectivity index (χ3v) is 4.66. The van der Waals surface area contributed by atoms with Crippen molar-refractivity contribution in [3.05, 3.63) is 40.4 Å². The van der Waals surface area contributed by atoms with Crippen LogP contribution >= 0.6 is 15.9 Å². The van der Waals surface area contributed by atoms with Gasteiger partial charge in [0.25, 0.3) is 0 Å². The van der Waals surface area contributed by atoms with E-state index >= 15 is 0 Å². The van der Waals surface area contributed by atoms with Crippen molar-refractivity contribution in [2.45, 2.75) is 19.8 Å². The second kappa shape index (κ2) is 4.49. The highest BCUT2D eigenvalue weighted by molar-refractivity contribution is 9.10. The topological polar surface area (TPSA) is 12.0 Å². The summed E-state index contributed by atoms with van der Waals surface area (Å²) in [5.41, 5.74) is 2.60. The van der Waals surface area contributed by atoms with Gasteiger partial charge in [0.05, 0.1) is 0 Å². The zero-order valence-electron chi connectivity index (χ0n) is 10.1. The molecule has 2 aliphatic rings. The zero-order chi connectivity index (χ0) is 11.8. The summed E-state index contributed by atoms with van der Waals surface area (Å²) in [6.07, 6.45) is 7.60. The van der Waals surface area contributed by atoms with E-state index in [0.717, 1.165) is 28.8 Å². The lowest BCUT2D eigenvalue weighted by Gasteiger charge is -2.20. The van der Waals surface area contributed by atoms with Gasteiger partial charge >= 0.3 is 0 Å². The number of benzene rings is 1. The number of halogens is 1. The minimum Gasteiger partial charge on any atom is -0.384 e. The van der Waals surface area contributed by atoms with Crippen LogP contribution in [0.15, 0.2) is 34.8 Å². The molecular weight excluding hydrogens is 274 g/mol. The van der Waals surface area contributed by atoms with Crippen LogP contribution in [0.25, 0.3) is 0 Å². The van der Waals surface area contributed by atoms with Gasteiger partial charge < -0.3 is 5.32 Å². The molecule has 1 aromatic rings. The van der Waals surface area contributed by atoms with Crippen molar-refractivity contribution < 1.29 is 0 Å². The molecule has 2 bridgehead atoms. The van der Waals surface area contributed by atoms with Crippen molar-refractivity contribution in [3.8, 4) is 0 Å². The summed E-state index contributed by atoms with van der Waals surface area (Å²) < 4.78 is 1.15. The molecular formula is C15H18BrN. The van der Waals surface area contributed by atoms with Crippen molar-refractivity contribution in [1.29, 1.82) is 0 Å². The predicted molar refractivity (Wildman–Crippen MR) is 76.2 cm³/mol. The largest absolute Gasteiger partial charge is 0.384 e. The molecule has 2 aliphatic carbocycles. The normalized spacial score (nSPS) is 29.9. The predicted octanol–water partition coefficient (Wildman–Crippen LogP) is 4.38. The van der Waals surface area contributed by atoms with Crippen LogP contribution in [0.4, 0.5) is 5.69 Å². The van der Waals surface area contributed by atoms with Crippen LogP contribution in [-0.4, -0.2) is 6.54 Å². The fraction of sp³-hybridized carbons (Fsp3) is 0.467. The van der Waals surface area contributed by atoms with Gasteiger partial charge in [0.2, 0.25) is 0 Å². The highest BCUT2D eigenvalue weighted by Crippen LogP contribution is 2.43. The van der Waals surface area contributed by atoms with Gasteiger partial charge in [-0.2, -0.15) is 0 Å². The van der Waals surface area contributed by atoms with Gasteiger partial charge in [-0.05, 0) is 55.2 Å². The van der Waals surface area contributed by atoms with Crippen LogP contribution in [0.3, 0.4) is 0 Å². The standard InChI is InChI=1S/C15H18BrN/c1-10-2-5-14(16)8-15(10)17-9-13-7-11-3-4-12(13)6-11/h2-5,8,11-13,17H,6-7,9H2,1H3. The molecule has 0 amide bonds. The smallest absolute Gasteiger partial charge is 0.0381 e. The van der Waals surface area contributed by atoms with E-state index in [-0.39, 0.29) is 0 Å². The number of hydrogen-bond acceptors (Lipinski definition) is 1. The van der Waals surface area contributed by atoms with Crippen molar-refractivity contribution in [1.82, 2.24) is 0 Å². The van der Waals surface area contributed by atoms with Crippen LogP contribution in [-0.2, 0) is 0 Å². The number of hydrogen-bond donors (Lipinski definition) is 1. The molecule has 90 valence electrons. The van der Waals surface area contributed by atoms with Crippen LogP contribution < -0.4 is 5.32 Å². The van der Waals surface area contributed by atoms with Crippen molar-refractivity contribution in [2.24, 2.45) is 17.8 Å². The Morgan fingerprint density at radius 2 is 2.18 bits per heavy atom. The maximum Gasteiger partial charge on any atom is 0.0381 e. The molecule has 0 aliphatic heterocycles. The van der Waals surface area contributed by atoms with E-state index in [9.17, 15) is 0 Å². The van der Waals surface area contributed by atoms with Crippen molar-refractivity contribution in [3.63, 3.8) is 0 Å². The highest BCUT2D eigenvalue weighted by Gasteiger charge is 2.35. The Bertz CT molecular complexity index is 452. The number of fused-ring (bicyclic) bond motifs is 2. The lowest BCUT2D eigenvalue weighted by Crippen LogP contribution is -2.18. The molecule has 0 radical (unpaired) electrons. The lowest BCUT2D eigenvalue weighted by molar-refractivity contribution is 0.472. The monoisotopic (exact) mass is 291 g/mol. The highest BCUT2D eigenvalue weighted by atomic mass is 79.9. The third kappa shape index (κ3) is 2.28. The van der Waals surface area contributed by atoms with E-state index in [1.807, 2.05) is 0 Å². The SMILES string of the molecule is Cc1ccc(Br)cc1NCC1CC2C=CC1C2. The first-order valence-corrected chi connectivity index (χ1v) is 7.20. The second-order valence-corrected chi connectivity index (χ2v) is 6.30. The van der Waals surface area contributed by atoms with E-state index in [2.05, 4.69) is 58.5 Å². The first kappa shape index (κ1) is 11.3. The summed E-state index contributed by atoms with van der Waals surface area (Å²) >= 11 is 3.53. The van der Waals surface area contributed by atoms with Gasteiger partial charge in [0.15, 0.2) is 0 Å². The molecule has 3 unspecified atom stereocenters. The van der Waals surface area contributed by atoms with E-state index < -0.39 is 0 Å². The zero-order valence-corrected chi connectivity index (χ0v) is 11.7. The minimum absolute atomic E-state index is 0.833. The summed E-state index contributed by atoms with van der Waals surface area (Å²) in [4.78, 5) is 0. The number of nitrogens with one attached hydrogen (secondary N) is 1. The Hall–Kier alpha value is -0.760. The van der Waals surface area contributed by atoms with Crippen molar-refractivity contribution >= 4 is 21.6 Å². The molecule has 1 saturated carbocycles. The van der Waals surface area contributed by atoms with Crippen LogP contribution in [0.5, 0.6) is 0 Å². The molecule has 0 saturated heterocycles. The van der Waals surface area contributed by atoms with E-state index in [1.165, 1.54) is 24.1 Å². The number of allylic oxidation sites excluding steroid dienone is 2. The molecule has 3 atom stereocenters. The summed E-state index contributed by atoms with van der Waals surface area (Å²) in [6, 6.07) is 6.44. The molecule has 0 heterocycles. The van der Waals surface area contributed by atoms with Crippen LogP contribution in [0.1, 0.15) is 18.4 Å². The van der Waals surface area contributed by atoms with Gasteiger partial charge in [-0.1, -0.05) is 34.1 Å². The van der Waals surface area contributed by atoms with Gasteiger partial charge in [0.1, 0.15) is 0 Å². The Balaban J connectivity index is 1.64. The number of rotatable bonds is 3. The molecule has 0 spiro atoms. The average Bonchev–Trinajstić information content (AvgIpc) is 2.92. The first-order valence-electron chi connectivity index (χ1n) is 6.41. The Morgan fingerprint density at radius 1 is 1.29 bits per heavy atom. The summed E-state index contributed by atoms with van der Waals surface area (Å²) in [5, 5.41) is 3.62. The van der Waals surface area contributed by atoms with Crippen molar-refractivity contribution in [2.75, 3.05) is 11.9 Å². The molecule has 0 aromatic heterocycles. The first-order chi connectivity index (χ1) is 8.22. The number of aryl methyl sites for hydroxylation is 1. The summed E-state index contributed by atoms with van der Waals surface area (Å²) in [6.45, 7) is 3.28. The molecule has 3 rings (SSSR count). The van der Waals surface area contributed by atoms with Gasteiger partial charge in [-0.15, -0.1) is 0 Å². The van der Waals surface area contributed by atoms with Gasteiger partial charge in [-0.3, -0.25) is 0 Å². The van der Waals surface area contributed by atoms with E-state index in [1.54, 1.807) is 0 Å². The maximum absolute atomic E-state index is 3.62. The summed E-state index contributed by atoms with van der Waals surface area (Å²) in [5.74, 6) is 2.54. The van der Waals surface area contributed by atoms with Gasteiger partial charge in [-0.25, -0.2) is 0 Å². The minimum atomic E-state index is 0.833. The Kier molecular flexibility index (Phi) is 2.99. The molecule has 1 nitrogen and oxygen atoms in total. The van der Waals surface area contributed by atoms with E-state index in [4.69, 9.17) is 0 Å². The van der Waals surface area contributed by atoms with Crippen LogP contribution in [0, 0.1) is 24.7 Å². The molecule has 2 heteroatoms. The maximum atomic E-state index is 3.62. The Labute approximate surface area is 111 Å². The second-order valence-electron chi connectivity index (χ2n) is 5.38. The Morgan fingerprint density at radius 3 is 2.88 bits per heavy atom. The number of anilines is 1. The molecule has 17 heavy (non-hydrogen) atoms. The third-order valence-electron chi connectivity index (χ3n) is 4.17. The van der Waals surface area contributed by atoms with Gasteiger partial charge in [0, 0.05) is 16.7 Å². The molecule has 1 fully saturated rings. The van der Waals surface area contributed by atoms with Crippen LogP contribution in [0.2, 0.25) is 0 Å². The fourth-order valence-corrected chi connectivity index (χ4v) is 3.52. The quantitative estimate of drug-likeness (QED) is 0.815. The molecule has 1 aromatic carbocycles. The average molecular weight is 292 g/mol. The van der Waals surface area contributed by atoms with E-state index in [0.29, 0.717) is 0 Å². The fourth-order valence-electron chi connectivity index (χ4n) is 3.16. The molecule has 1 N–H and O–H groups in total. The summed E-state index contributed by atoms with van der Waals surface area (Å²) in [7, 11) is 0.